The highest BCUT2D eigenvalue weighted by atomic mass is 16.7. The summed E-state index contributed by atoms with van der Waals surface area (Å²) < 4.78 is 27.7. The molecule has 1 aliphatic rings. The number of hydrogen-bond acceptors (Lipinski definition) is 11. The van der Waals surface area contributed by atoms with E-state index in [1.807, 2.05) is 63.2 Å². The van der Waals surface area contributed by atoms with Crippen LogP contribution >= 0.6 is 0 Å². The highest BCUT2D eigenvalue weighted by Crippen LogP contribution is 2.21. The number of nitrogens with zero attached hydrogens (tertiary/aromatic N) is 1. The minimum absolute atomic E-state index is 0.0194. The fraction of sp³-hybridized carbons (Fsp3) is 0.442. The number of rotatable bonds is 19. The molecule has 3 aromatic carbocycles. The molecule has 4 N–H and O–H groups in total. The Morgan fingerprint density at radius 3 is 2.05 bits per heavy atom. The van der Waals surface area contributed by atoms with Crippen LogP contribution in [0.2, 0.25) is 0 Å². The van der Waals surface area contributed by atoms with Crippen LogP contribution in [0.5, 0.6) is 11.5 Å². The van der Waals surface area contributed by atoms with E-state index in [2.05, 4.69) is 10.6 Å². The first-order chi connectivity index (χ1) is 27.7. The van der Waals surface area contributed by atoms with Gasteiger partial charge in [-0.15, -0.1) is 0 Å². The second kappa shape index (κ2) is 22.1. The average Bonchev–Trinajstić information content (AvgIpc) is 3.19. The van der Waals surface area contributed by atoms with Gasteiger partial charge in [0.1, 0.15) is 23.6 Å². The molecule has 4 atom stereocenters. The van der Waals surface area contributed by atoms with Gasteiger partial charge in [-0.3, -0.25) is 14.4 Å². The van der Waals surface area contributed by atoms with Gasteiger partial charge in [-0.25, -0.2) is 14.4 Å². The van der Waals surface area contributed by atoms with Crippen molar-refractivity contribution in [1.29, 1.82) is 0 Å². The molecule has 1 saturated heterocycles. The number of ether oxygens (including phenoxy) is 5. The molecule has 0 bridgehead atoms. The Bertz CT molecular complexity index is 1850. The number of nitrogens with two attached hydrogens (primary N) is 1. The van der Waals surface area contributed by atoms with Gasteiger partial charge in [-0.2, -0.15) is 0 Å². The third kappa shape index (κ3) is 14.5. The maximum atomic E-state index is 13.8. The number of amides is 4. The van der Waals surface area contributed by atoms with Crippen LogP contribution in [0, 0.1) is 18.8 Å². The SMILES string of the molecule is Cc1ccccc1OCC(=O)NC(CC(C)C)C(=O)N[C@@H](Cc1ccc(OC(=O)N2CCC(C(N)=O)CC2)cc1)C(=O)OC(C)OC(=O)C(C)OCc1ccccc1. The molecule has 4 amide bonds. The number of primary amides is 1. The van der Waals surface area contributed by atoms with Crippen molar-refractivity contribution in [2.45, 2.75) is 91.4 Å². The summed E-state index contributed by atoms with van der Waals surface area (Å²) >= 11 is 0. The number of carbonyl (C=O) groups excluding carboxylic acids is 6. The zero-order valence-electron chi connectivity index (χ0n) is 33.6. The third-order valence-electron chi connectivity index (χ3n) is 9.38. The molecule has 1 heterocycles. The average molecular weight is 803 g/mol. The van der Waals surface area contributed by atoms with E-state index in [4.69, 9.17) is 29.4 Å². The van der Waals surface area contributed by atoms with Crippen molar-refractivity contribution in [2.24, 2.45) is 17.6 Å². The van der Waals surface area contributed by atoms with Crippen molar-refractivity contribution in [2.75, 3.05) is 19.7 Å². The summed E-state index contributed by atoms with van der Waals surface area (Å²) in [5, 5.41) is 5.44. The first-order valence-corrected chi connectivity index (χ1v) is 19.4. The number of carbonyl (C=O) groups is 6. The van der Waals surface area contributed by atoms with E-state index in [0.717, 1.165) is 11.1 Å². The number of esters is 2. The monoisotopic (exact) mass is 802 g/mol. The van der Waals surface area contributed by atoms with Crippen molar-refractivity contribution in [3.8, 4) is 11.5 Å². The molecule has 1 aliphatic heterocycles. The Hall–Kier alpha value is -5.96. The molecule has 1 fully saturated rings. The lowest BCUT2D eigenvalue weighted by atomic mass is 9.97. The predicted octanol–water partition coefficient (Wildman–Crippen LogP) is 4.37. The van der Waals surface area contributed by atoms with Crippen LogP contribution in [0.25, 0.3) is 0 Å². The highest BCUT2D eigenvalue weighted by molar-refractivity contribution is 5.91. The molecule has 0 spiro atoms. The van der Waals surface area contributed by atoms with E-state index >= 15 is 0 Å². The van der Waals surface area contributed by atoms with Crippen LogP contribution in [0.3, 0.4) is 0 Å². The lowest BCUT2D eigenvalue weighted by Crippen LogP contribution is -2.54. The molecular formula is C43H54N4O11. The first-order valence-electron chi connectivity index (χ1n) is 19.4. The second-order valence-corrected chi connectivity index (χ2v) is 14.6. The van der Waals surface area contributed by atoms with Gasteiger partial charge in [-0.05, 0) is 73.9 Å². The van der Waals surface area contributed by atoms with Crippen LogP contribution in [0.1, 0.15) is 63.6 Å². The zero-order valence-corrected chi connectivity index (χ0v) is 33.6. The Labute approximate surface area is 338 Å². The van der Waals surface area contributed by atoms with E-state index < -0.39 is 54.3 Å². The molecule has 3 aromatic rings. The topological polar surface area (TPSA) is 202 Å². The Morgan fingerprint density at radius 1 is 0.776 bits per heavy atom. The summed E-state index contributed by atoms with van der Waals surface area (Å²) in [6.45, 7) is 9.01. The van der Waals surface area contributed by atoms with Gasteiger partial charge in [0, 0.05) is 32.4 Å². The molecule has 0 aliphatic carbocycles. The van der Waals surface area contributed by atoms with Crippen LogP contribution < -0.4 is 25.8 Å². The van der Waals surface area contributed by atoms with Crippen LogP contribution in [-0.2, 0) is 51.2 Å². The maximum Gasteiger partial charge on any atom is 0.415 e. The number of likely N-dealkylation sites (tertiary alicyclic amines) is 1. The van der Waals surface area contributed by atoms with E-state index in [9.17, 15) is 28.8 Å². The minimum Gasteiger partial charge on any atom is -0.484 e. The number of benzene rings is 3. The van der Waals surface area contributed by atoms with Crippen LogP contribution in [0.4, 0.5) is 4.79 Å². The summed E-state index contributed by atoms with van der Waals surface area (Å²) in [6, 6.07) is 20.5. The summed E-state index contributed by atoms with van der Waals surface area (Å²) in [4.78, 5) is 79.1. The van der Waals surface area contributed by atoms with Gasteiger partial charge < -0.3 is 45.0 Å². The predicted molar refractivity (Wildman–Crippen MR) is 212 cm³/mol. The summed E-state index contributed by atoms with van der Waals surface area (Å²) in [5.41, 5.74) is 7.67. The zero-order chi connectivity index (χ0) is 42.2. The smallest absolute Gasteiger partial charge is 0.415 e. The van der Waals surface area contributed by atoms with Gasteiger partial charge in [0.15, 0.2) is 12.7 Å². The largest absolute Gasteiger partial charge is 0.484 e. The maximum absolute atomic E-state index is 13.8. The van der Waals surface area contributed by atoms with Gasteiger partial charge in [-0.1, -0.05) is 74.5 Å². The molecule has 0 radical (unpaired) electrons. The molecule has 15 nitrogen and oxygen atoms in total. The van der Waals surface area contributed by atoms with Crippen LogP contribution in [-0.4, -0.2) is 84.8 Å². The third-order valence-corrected chi connectivity index (χ3v) is 9.38. The second-order valence-electron chi connectivity index (χ2n) is 14.6. The molecule has 15 heteroatoms. The number of aryl methyl sites for hydroxylation is 1. The molecule has 3 unspecified atom stereocenters. The van der Waals surface area contributed by atoms with Crippen molar-refractivity contribution < 1.29 is 52.5 Å². The molecule has 0 aromatic heterocycles. The lowest BCUT2D eigenvalue weighted by molar-refractivity contribution is -0.193. The lowest BCUT2D eigenvalue weighted by Gasteiger charge is -2.29. The summed E-state index contributed by atoms with van der Waals surface area (Å²) in [7, 11) is 0. The quantitative estimate of drug-likeness (QED) is 0.115. The Morgan fingerprint density at radius 2 is 1.41 bits per heavy atom. The summed E-state index contributed by atoms with van der Waals surface area (Å²) in [6.07, 6.45) is -1.81. The van der Waals surface area contributed by atoms with Gasteiger partial charge in [0.2, 0.25) is 18.1 Å². The number of hydrogen-bond donors (Lipinski definition) is 3. The summed E-state index contributed by atoms with van der Waals surface area (Å²) in [5.74, 6) is -2.75. The van der Waals surface area contributed by atoms with E-state index in [-0.39, 0.29) is 49.5 Å². The molecule has 4 rings (SSSR count). The molecule has 0 saturated carbocycles. The molecule has 58 heavy (non-hydrogen) atoms. The fourth-order valence-corrected chi connectivity index (χ4v) is 6.10. The van der Waals surface area contributed by atoms with Crippen molar-refractivity contribution in [1.82, 2.24) is 15.5 Å². The first kappa shape index (κ1) is 44.8. The van der Waals surface area contributed by atoms with Crippen LogP contribution in [0.15, 0.2) is 78.9 Å². The van der Waals surface area contributed by atoms with E-state index in [1.54, 1.807) is 36.4 Å². The van der Waals surface area contributed by atoms with Crippen molar-refractivity contribution in [3.05, 3.63) is 95.6 Å². The minimum atomic E-state index is -1.35. The van der Waals surface area contributed by atoms with Gasteiger partial charge in [0.05, 0.1) is 6.61 Å². The Kier molecular flexibility index (Phi) is 17.1. The fourth-order valence-electron chi connectivity index (χ4n) is 6.10. The van der Waals surface area contributed by atoms with Crippen molar-refractivity contribution in [3.63, 3.8) is 0 Å². The number of para-hydroxylation sites is 1. The van der Waals surface area contributed by atoms with Gasteiger partial charge >= 0.3 is 18.0 Å². The number of piperidine rings is 1. The number of nitrogens with one attached hydrogen (secondary N) is 2. The molecule has 312 valence electrons. The standard InChI is InChI=1S/C43H54N4O11/c1-27(2)23-35(45-38(48)26-55-37-14-10-9-11-28(37)3)40(50)46-36(42(52)57-30(5)56-41(51)29(4)54-25-32-12-7-6-8-13-32)24-31-15-17-34(18-16-31)58-43(53)47-21-19-33(20-22-47)39(44)49/h6-18,27,29-30,33,35-36H,19-26H2,1-5H3,(H2,44,49)(H,45,48)(H,46,50)/t29?,30?,35?,36-/m0/s1. The molecular weight excluding hydrogens is 748 g/mol. The van der Waals surface area contributed by atoms with Crippen molar-refractivity contribution >= 4 is 35.8 Å². The van der Waals surface area contributed by atoms with E-state index in [1.165, 1.54) is 18.7 Å². The highest BCUT2D eigenvalue weighted by Gasteiger charge is 2.31. The Balaban J connectivity index is 1.43. The van der Waals surface area contributed by atoms with Gasteiger partial charge in [0.25, 0.3) is 5.91 Å². The normalized spacial score (nSPS) is 15.0. The van der Waals surface area contributed by atoms with E-state index in [0.29, 0.717) is 37.2 Å².